The highest BCUT2D eigenvalue weighted by Crippen LogP contribution is 2.16. The third kappa shape index (κ3) is 7.89. The van der Waals surface area contributed by atoms with E-state index in [9.17, 15) is 19.2 Å². The van der Waals surface area contributed by atoms with Crippen LogP contribution < -0.4 is 5.32 Å². The SMILES string of the molecule is COC(=O)[C@H](CC=O)[C@H](NC(=O)OCc1ccccc1)C(=O)OC(C)(C)C. The topological polar surface area (TPSA) is 108 Å². The molecule has 1 aromatic carbocycles. The van der Waals surface area contributed by atoms with E-state index < -0.39 is 35.6 Å². The van der Waals surface area contributed by atoms with Gasteiger partial charge in [-0.3, -0.25) is 4.79 Å². The van der Waals surface area contributed by atoms with Gasteiger partial charge >= 0.3 is 18.0 Å². The molecule has 0 aliphatic rings. The van der Waals surface area contributed by atoms with Crippen molar-refractivity contribution < 1.29 is 33.4 Å². The van der Waals surface area contributed by atoms with E-state index in [-0.39, 0.29) is 13.0 Å². The van der Waals surface area contributed by atoms with Gasteiger partial charge in [-0.25, -0.2) is 9.59 Å². The van der Waals surface area contributed by atoms with E-state index in [2.05, 4.69) is 10.1 Å². The summed E-state index contributed by atoms with van der Waals surface area (Å²) in [7, 11) is 1.13. The largest absolute Gasteiger partial charge is 0.469 e. The second-order valence-electron chi connectivity index (χ2n) is 6.75. The molecule has 0 bridgehead atoms. The van der Waals surface area contributed by atoms with E-state index in [1.54, 1.807) is 45.0 Å². The molecule has 0 spiro atoms. The Bertz CT molecular complexity index is 652. The van der Waals surface area contributed by atoms with Crippen LogP contribution in [0.15, 0.2) is 30.3 Å². The Labute approximate surface area is 158 Å². The van der Waals surface area contributed by atoms with Crippen LogP contribution in [0.2, 0.25) is 0 Å². The number of hydrogen-bond donors (Lipinski definition) is 1. The molecule has 0 aliphatic heterocycles. The van der Waals surface area contributed by atoms with Crippen LogP contribution in [-0.2, 0) is 35.2 Å². The maximum absolute atomic E-state index is 12.5. The van der Waals surface area contributed by atoms with Gasteiger partial charge in [0.05, 0.1) is 13.0 Å². The van der Waals surface area contributed by atoms with Gasteiger partial charge in [-0.05, 0) is 26.3 Å². The molecule has 0 heterocycles. The molecule has 148 valence electrons. The van der Waals surface area contributed by atoms with E-state index >= 15 is 0 Å². The fourth-order valence-electron chi connectivity index (χ4n) is 2.20. The third-order valence-electron chi connectivity index (χ3n) is 3.40. The Kier molecular flexibility index (Phi) is 8.44. The number of aldehydes is 1. The van der Waals surface area contributed by atoms with Crippen molar-refractivity contribution in [1.82, 2.24) is 5.32 Å². The number of ether oxygens (including phenoxy) is 3. The summed E-state index contributed by atoms with van der Waals surface area (Å²) in [5.41, 5.74) is -0.105. The predicted octanol–water partition coefficient (Wildman–Crippen LogP) is 2.00. The molecule has 27 heavy (non-hydrogen) atoms. The van der Waals surface area contributed by atoms with Crippen LogP contribution in [0.5, 0.6) is 0 Å². The average Bonchev–Trinajstić information content (AvgIpc) is 2.61. The van der Waals surface area contributed by atoms with Crippen LogP contribution >= 0.6 is 0 Å². The first-order valence-electron chi connectivity index (χ1n) is 8.39. The minimum atomic E-state index is -1.43. The summed E-state index contributed by atoms with van der Waals surface area (Å²) in [6, 6.07) is 7.51. The summed E-state index contributed by atoms with van der Waals surface area (Å²) >= 11 is 0. The molecule has 0 aliphatic carbocycles. The standard InChI is InChI=1S/C19H25NO7/c1-19(2,3)27-17(23)15(14(10-11-21)16(22)25-4)20-18(24)26-12-13-8-6-5-7-9-13/h5-9,11,14-15H,10,12H2,1-4H3,(H,20,24)/t14-,15+/m1/s1. The van der Waals surface area contributed by atoms with Gasteiger partial charge < -0.3 is 24.3 Å². The molecule has 0 aromatic heterocycles. The van der Waals surface area contributed by atoms with E-state index in [1.807, 2.05) is 6.07 Å². The van der Waals surface area contributed by atoms with E-state index in [4.69, 9.17) is 9.47 Å². The monoisotopic (exact) mass is 379 g/mol. The molecule has 0 fully saturated rings. The summed E-state index contributed by atoms with van der Waals surface area (Å²) < 4.78 is 15.0. The molecule has 1 N–H and O–H groups in total. The molecule has 1 amide bonds. The zero-order valence-corrected chi connectivity index (χ0v) is 15.9. The van der Waals surface area contributed by atoms with Crippen LogP contribution in [0, 0.1) is 5.92 Å². The van der Waals surface area contributed by atoms with Gasteiger partial charge in [-0.2, -0.15) is 0 Å². The summed E-state index contributed by atoms with van der Waals surface area (Å²) in [6.45, 7) is 4.90. The normalized spacial score (nSPS) is 13.0. The Morgan fingerprint density at radius 1 is 1.11 bits per heavy atom. The molecule has 8 heteroatoms. The highest BCUT2D eigenvalue weighted by atomic mass is 16.6. The van der Waals surface area contributed by atoms with Crippen LogP contribution in [0.25, 0.3) is 0 Å². The summed E-state index contributed by atoms with van der Waals surface area (Å²) in [6.07, 6.45) is -0.777. The number of methoxy groups -OCH3 is 1. The summed E-state index contributed by atoms with van der Waals surface area (Å²) in [4.78, 5) is 47.6. The maximum Gasteiger partial charge on any atom is 0.408 e. The highest BCUT2D eigenvalue weighted by Gasteiger charge is 2.38. The Hall–Kier alpha value is -2.90. The van der Waals surface area contributed by atoms with Gasteiger partial charge in [0.1, 0.15) is 24.5 Å². The Morgan fingerprint density at radius 2 is 1.74 bits per heavy atom. The Balaban J connectivity index is 2.91. The molecule has 0 saturated heterocycles. The number of rotatable bonds is 8. The lowest BCUT2D eigenvalue weighted by Gasteiger charge is -2.27. The number of benzene rings is 1. The number of carbonyl (C=O) groups is 4. The van der Waals surface area contributed by atoms with Crippen LogP contribution in [0.4, 0.5) is 4.79 Å². The van der Waals surface area contributed by atoms with Crippen molar-refractivity contribution in [2.24, 2.45) is 5.92 Å². The maximum atomic E-state index is 12.5. The van der Waals surface area contributed by atoms with Gasteiger partial charge in [0.25, 0.3) is 0 Å². The van der Waals surface area contributed by atoms with Crippen molar-refractivity contribution in [3.8, 4) is 0 Å². The first kappa shape index (κ1) is 22.1. The van der Waals surface area contributed by atoms with Crippen molar-refractivity contribution in [3.63, 3.8) is 0 Å². The molecule has 0 radical (unpaired) electrons. The lowest BCUT2D eigenvalue weighted by Crippen LogP contribution is -2.51. The van der Waals surface area contributed by atoms with Crippen molar-refractivity contribution in [1.29, 1.82) is 0 Å². The lowest BCUT2D eigenvalue weighted by molar-refractivity contribution is -0.164. The van der Waals surface area contributed by atoms with E-state index in [0.29, 0.717) is 6.29 Å². The minimum absolute atomic E-state index is 0.0235. The van der Waals surface area contributed by atoms with Crippen molar-refractivity contribution >= 4 is 24.3 Å². The zero-order valence-electron chi connectivity index (χ0n) is 15.9. The quantitative estimate of drug-likeness (QED) is 0.418. The third-order valence-corrected chi connectivity index (χ3v) is 3.40. The second-order valence-corrected chi connectivity index (χ2v) is 6.75. The smallest absolute Gasteiger partial charge is 0.408 e. The van der Waals surface area contributed by atoms with Gasteiger partial charge in [0.15, 0.2) is 0 Å². The fourth-order valence-corrected chi connectivity index (χ4v) is 2.20. The van der Waals surface area contributed by atoms with E-state index in [0.717, 1.165) is 12.7 Å². The van der Waals surface area contributed by atoms with Gasteiger partial charge in [0, 0.05) is 6.42 Å². The molecule has 1 aromatic rings. The molecular formula is C19H25NO7. The molecular weight excluding hydrogens is 354 g/mol. The fraction of sp³-hybridized carbons (Fsp3) is 0.474. The van der Waals surface area contributed by atoms with Gasteiger partial charge in [0.2, 0.25) is 0 Å². The Morgan fingerprint density at radius 3 is 2.26 bits per heavy atom. The van der Waals surface area contributed by atoms with Crippen LogP contribution in [0.1, 0.15) is 32.8 Å². The number of nitrogens with one attached hydrogen (secondary N) is 1. The number of alkyl carbamates (subject to hydrolysis) is 1. The van der Waals surface area contributed by atoms with Gasteiger partial charge in [-0.1, -0.05) is 30.3 Å². The molecule has 0 unspecified atom stereocenters. The molecule has 2 atom stereocenters. The van der Waals surface area contributed by atoms with E-state index in [1.165, 1.54) is 0 Å². The summed E-state index contributed by atoms with van der Waals surface area (Å²) in [5.74, 6) is -2.91. The van der Waals surface area contributed by atoms with Crippen LogP contribution in [0.3, 0.4) is 0 Å². The van der Waals surface area contributed by atoms with Gasteiger partial charge in [-0.15, -0.1) is 0 Å². The number of esters is 2. The number of hydrogen-bond acceptors (Lipinski definition) is 7. The lowest BCUT2D eigenvalue weighted by atomic mass is 9.96. The van der Waals surface area contributed by atoms with Crippen molar-refractivity contribution in [2.75, 3.05) is 7.11 Å². The zero-order chi connectivity index (χ0) is 20.4. The molecule has 0 saturated carbocycles. The average molecular weight is 379 g/mol. The number of carbonyl (C=O) groups excluding carboxylic acids is 4. The van der Waals surface area contributed by atoms with Crippen LogP contribution in [-0.4, -0.2) is 43.1 Å². The van der Waals surface area contributed by atoms with Crippen molar-refractivity contribution in [2.45, 2.75) is 45.4 Å². The molecule has 8 nitrogen and oxygen atoms in total. The highest BCUT2D eigenvalue weighted by molar-refractivity contribution is 5.89. The molecule has 1 rings (SSSR count). The second kappa shape index (κ2) is 10.3. The minimum Gasteiger partial charge on any atom is -0.469 e. The first-order chi connectivity index (χ1) is 12.7. The van der Waals surface area contributed by atoms with Crippen molar-refractivity contribution in [3.05, 3.63) is 35.9 Å². The number of amides is 1. The predicted molar refractivity (Wildman–Crippen MR) is 95.6 cm³/mol. The first-order valence-corrected chi connectivity index (χ1v) is 8.39. The summed E-state index contributed by atoms with van der Waals surface area (Å²) in [5, 5.41) is 2.31.